The van der Waals surface area contributed by atoms with Crippen LogP contribution >= 0.6 is 11.6 Å². The van der Waals surface area contributed by atoms with Crippen LogP contribution in [0.5, 0.6) is 5.75 Å². The van der Waals surface area contributed by atoms with E-state index in [9.17, 15) is 8.42 Å². The molecule has 164 valence electrons. The first kappa shape index (κ1) is 20.7. The Bertz CT molecular complexity index is 1080. The molecular formula is C21H24ClN5O3S. The van der Waals surface area contributed by atoms with Gasteiger partial charge in [-0.25, -0.2) is 18.4 Å². The molecule has 2 aliphatic heterocycles. The Kier molecular flexibility index (Phi) is 5.35. The fourth-order valence-electron chi connectivity index (χ4n) is 4.56. The number of hydrogen-bond acceptors (Lipinski definition) is 7. The summed E-state index contributed by atoms with van der Waals surface area (Å²) in [5.74, 6) is 3.31. The molecule has 4 heterocycles. The van der Waals surface area contributed by atoms with Gasteiger partial charge in [0.15, 0.2) is 0 Å². The molecule has 2 fully saturated rings. The number of aromatic nitrogens is 3. The largest absolute Gasteiger partial charge is 0.492 e. The normalized spacial score (nSPS) is 25.8. The maximum atomic E-state index is 11.6. The fourth-order valence-corrected chi connectivity index (χ4v) is 5.43. The van der Waals surface area contributed by atoms with Gasteiger partial charge in [0.05, 0.1) is 42.2 Å². The number of anilines is 1. The second-order valence-electron chi connectivity index (χ2n) is 8.39. The van der Waals surface area contributed by atoms with Crippen molar-refractivity contribution in [3.05, 3.63) is 47.5 Å². The zero-order valence-electron chi connectivity index (χ0n) is 17.2. The quantitative estimate of drug-likeness (QED) is 0.652. The molecule has 8 nitrogen and oxygen atoms in total. The lowest BCUT2D eigenvalue weighted by molar-refractivity contribution is 0.282. The Morgan fingerprint density at radius 1 is 1.13 bits per heavy atom. The molecule has 1 saturated heterocycles. The molecule has 31 heavy (non-hydrogen) atoms. The number of sulfonamides is 1. The molecule has 1 saturated carbocycles. The Hall–Kier alpha value is -2.23. The summed E-state index contributed by atoms with van der Waals surface area (Å²) < 4.78 is 30.7. The van der Waals surface area contributed by atoms with E-state index in [-0.39, 0.29) is 0 Å². The summed E-state index contributed by atoms with van der Waals surface area (Å²) in [6, 6.07) is 3.89. The third kappa shape index (κ3) is 4.40. The molecule has 5 rings (SSSR count). The van der Waals surface area contributed by atoms with Crippen molar-refractivity contribution in [2.75, 3.05) is 43.9 Å². The van der Waals surface area contributed by atoms with Crippen LogP contribution in [0.15, 0.2) is 36.8 Å². The highest BCUT2D eigenvalue weighted by Gasteiger charge is 2.56. The molecule has 2 atom stereocenters. The molecule has 0 amide bonds. The predicted molar refractivity (Wildman–Crippen MR) is 118 cm³/mol. The fraction of sp³-hybridized carbons (Fsp3) is 0.476. The number of pyridine rings is 1. The molecule has 2 aromatic heterocycles. The Morgan fingerprint density at radius 2 is 1.87 bits per heavy atom. The SMILES string of the molecule is CS(=O)(=O)N1CC=C(c2ccc(OCC3C4CN(c5ncc(Cl)cn5)CC34)cn2)CC1. The zero-order chi connectivity index (χ0) is 21.6. The van der Waals surface area contributed by atoms with Crippen LogP contribution in [-0.4, -0.2) is 66.7 Å². The van der Waals surface area contributed by atoms with E-state index < -0.39 is 10.0 Å². The lowest BCUT2D eigenvalue weighted by Crippen LogP contribution is -2.33. The van der Waals surface area contributed by atoms with Crippen LogP contribution in [0.1, 0.15) is 12.1 Å². The molecular weight excluding hydrogens is 438 g/mol. The molecule has 2 aromatic rings. The van der Waals surface area contributed by atoms with E-state index in [2.05, 4.69) is 19.9 Å². The third-order valence-corrected chi connectivity index (χ3v) is 7.87. The number of rotatable bonds is 6. The summed E-state index contributed by atoms with van der Waals surface area (Å²) >= 11 is 5.86. The lowest BCUT2D eigenvalue weighted by Gasteiger charge is -2.23. The van der Waals surface area contributed by atoms with Crippen molar-refractivity contribution >= 4 is 33.1 Å². The van der Waals surface area contributed by atoms with Crippen LogP contribution in [0.2, 0.25) is 5.02 Å². The average Bonchev–Trinajstić information content (AvgIpc) is 3.21. The number of halogens is 1. The molecule has 3 aliphatic rings. The van der Waals surface area contributed by atoms with E-state index >= 15 is 0 Å². The van der Waals surface area contributed by atoms with Crippen LogP contribution < -0.4 is 9.64 Å². The standard InChI is InChI=1S/C21H24ClN5O3S/c1-31(28,29)27-6-4-14(5-7-27)20-3-2-16(10-23-20)30-13-19-17-11-26(12-18(17)19)21-24-8-15(22)9-25-21/h2-4,8-10,17-19H,5-7,11-13H2,1H3. The second-order valence-corrected chi connectivity index (χ2v) is 10.8. The minimum atomic E-state index is -3.14. The van der Waals surface area contributed by atoms with E-state index in [1.807, 2.05) is 18.2 Å². The molecule has 10 heteroatoms. The summed E-state index contributed by atoms with van der Waals surface area (Å²) in [7, 11) is -3.14. The molecule has 0 bridgehead atoms. The summed E-state index contributed by atoms with van der Waals surface area (Å²) in [4.78, 5) is 15.3. The van der Waals surface area contributed by atoms with E-state index in [0.717, 1.165) is 36.1 Å². The zero-order valence-corrected chi connectivity index (χ0v) is 18.8. The van der Waals surface area contributed by atoms with Gasteiger partial charge in [-0.2, -0.15) is 4.31 Å². The van der Waals surface area contributed by atoms with Crippen molar-refractivity contribution in [1.82, 2.24) is 19.3 Å². The van der Waals surface area contributed by atoms with Gasteiger partial charge in [0, 0.05) is 32.1 Å². The van der Waals surface area contributed by atoms with Crippen LogP contribution in [0.3, 0.4) is 0 Å². The smallest absolute Gasteiger partial charge is 0.225 e. The third-order valence-electron chi connectivity index (χ3n) is 6.41. The van der Waals surface area contributed by atoms with Gasteiger partial charge < -0.3 is 9.64 Å². The topological polar surface area (TPSA) is 88.5 Å². The van der Waals surface area contributed by atoms with Gasteiger partial charge in [0.25, 0.3) is 0 Å². The van der Waals surface area contributed by atoms with E-state index in [1.165, 1.54) is 10.6 Å². The minimum Gasteiger partial charge on any atom is -0.492 e. The van der Waals surface area contributed by atoms with Crippen LogP contribution in [0.25, 0.3) is 5.57 Å². The number of piperidine rings is 1. The molecule has 1 aliphatic carbocycles. The van der Waals surface area contributed by atoms with Gasteiger partial charge in [-0.05, 0) is 36.0 Å². The van der Waals surface area contributed by atoms with E-state index in [0.29, 0.717) is 48.9 Å². The minimum absolute atomic E-state index is 0.399. The van der Waals surface area contributed by atoms with Gasteiger partial charge >= 0.3 is 0 Å². The van der Waals surface area contributed by atoms with Crippen LogP contribution in [0, 0.1) is 17.8 Å². The van der Waals surface area contributed by atoms with Gasteiger partial charge in [0.1, 0.15) is 5.75 Å². The first-order valence-corrected chi connectivity index (χ1v) is 12.6. The van der Waals surface area contributed by atoms with E-state index in [4.69, 9.17) is 16.3 Å². The monoisotopic (exact) mass is 461 g/mol. The van der Waals surface area contributed by atoms with Crippen LogP contribution in [-0.2, 0) is 10.0 Å². The van der Waals surface area contributed by atoms with Gasteiger partial charge in [-0.15, -0.1) is 0 Å². The summed E-state index contributed by atoms with van der Waals surface area (Å²) in [5.41, 5.74) is 1.95. The molecule has 0 N–H and O–H groups in total. The maximum Gasteiger partial charge on any atom is 0.225 e. The van der Waals surface area contributed by atoms with Crippen molar-refractivity contribution in [2.24, 2.45) is 17.8 Å². The maximum absolute atomic E-state index is 11.6. The summed E-state index contributed by atoms with van der Waals surface area (Å²) in [5, 5.41) is 0.551. The molecule has 0 aromatic carbocycles. The molecule has 0 spiro atoms. The van der Waals surface area contributed by atoms with Gasteiger partial charge in [0.2, 0.25) is 16.0 Å². The number of ether oxygens (including phenoxy) is 1. The Balaban J connectivity index is 1.11. The van der Waals surface area contributed by atoms with Gasteiger partial charge in [-0.1, -0.05) is 17.7 Å². The first-order chi connectivity index (χ1) is 14.9. The highest BCUT2D eigenvalue weighted by molar-refractivity contribution is 7.88. The molecule has 0 radical (unpaired) electrons. The Labute approximate surface area is 187 Å². The van der Waals surface area contributed by atoms with Crippen molar-refractivity contribution in [2.45, 2.75) is 6.42 Å². The predicted octanol–water partition coefficient (Wildman–Crippen LogP) is 2.33. The lowest BCUT2D eigenvalue weighted by atomic mass is 10.1. The molecule has 2 unspecified atom stereocenters. The second kappa shape index (κ2) is 8.03. The number of nitrogens with zero attached hydrogens (tertiary/aromatic N) is 5. The van der Waals surface area contributed by atoms with Crippen molar-refractivity contribution in [3.8, 4) is 5.75 Å². The first-order valence-electron chi connectivity index (χ1n) is 10.3. The average molecular weight is 462 g/mol. The van der Waals surface area contributed by atoms with E-state index in [1.54, 1.807) is 18.6 Å². The van der Waals surface area contributed by atoms with Crippen molar-refractivity contribution in [3.63, 3.8) is 0 Å². The number of hydrogen-bond donors (Lipinski definition) is 0. The summed E-state index contributed by atoms with van der Waals surface area (Å²) in [6.45, 7) is 3.49. The van der Waals surface area contributed by atoms with Crippen LogP contribution in [0.4, 0.5) is 5.95 Å². The number of fused-ring (bicyclic) bond motifs is 1. The Morgan fingerprint density at radius 3 is 2.45 bits per heavy atom. The summed E-state index contributed by atoms with van der Waals surface area (Å²) in [6.07, 6.45) is 8.87. The van der Waals surface area contributed by atoms with Gasteiger partial charge in [-0.3, -0.25) is 4.98 Å². The van der Waals surface area contributed by atoms with Crippen molar-refractivity contribution in [1.29, 1.82) is 0 Å². The van der Waals surface area contributed by atoms with Crippen molar-refractivity contribution < 1.29 is 13.2 Å². The highest BCUT2D eigenvalue weighted by Crippen LogP contribution is 2.52. The highest BCUT2D eigenvalue weighted by atomic mass is 35.5.